The molecule has 0 aliphatic carbocycles. The summed E-state index contributed by atoms with van der Waals surface area (Å²) in [7, 11) is 0. The molecule has 0 heterocycles. The minimum Gasteiger partial charge on any atom is -0.399 e. The molecule has 12 N–H and O–H groups in total. The lowest BCUT2D eigenvalue weighted by atomic mass is 10.0. The summed E-state index contributed by atoms with van der Waals surface area (Å²) in [6, 6.07) is 0. The van der Waals surface area contributed by atoms with Crippen LogP contribution in [0.2, 0.25) is 0 Å². The van der Waals surface area contributed by atoms with Crippen LogP contribution in [0.3, 0.4) is 0 Å². The maximum atomic E-state index is 11.0. The fourth-order valence-corrected chi connectivity index (χ4v) is 5.48. The first-order valence-corrected chi connectivity index (χ1v) is 22.8. The maximum Gasteiger partial charge on any atom is 0.150 e. The largest absolute Gasteiger partial charge is 0.399 e. The first-order chi connectivity index (χ1) is 32.4. The van der Waals surface area contributed by atoms with Crippen molar-refractivity contribution in [3.05, 3.63) is 11.9 Å². The van der Waals surface area contributed by atoms with Crippen molar-refractivity contribution in [3.8, 4) is 0 Å². The van der Waals surface area contributed by atoms with Gasteiger partial charge in [-0.15, -0.1) is 0 Å². The van der Waals surface area contributed by atoms with E-state index in [1.165, 1.54) is 23.0 Å². The molecule has 0 radical (unpaired) electrons. The van der Waals surface area contributed by atoms with Crippen LogP contribution in [0.1, 0.15) is 19.8 Å². The van der Waals surface area contributed by atoms with Crippen LogP contribution in [0.25, 0.3) is 0 Å². The third kappa shape index (κ3) is 42.7. The Kier molecular flexibility index (Phi) is 46.5. The molecule has 0 amide bonds. The summed E-state index contributed by atoms with van der Waals surface area (Å²) in [4.78, 5) is 12.5. The normalized spacial score (nSPS) is 14.9. The lowest BCUT2D eigenvalue weighted by Gasteiger charge is -2.32. The smallest absolute Gasteiger partial charge is 0.150 e. The number of rotatable bonds is 53. The number of aliphatic hydroxyl groups excluding tert-OH is 8. The lowest BCUT2D eigenvalue weighted by molar-refractivity contribution is -0.117. The van der Waals surface area contributed by atoms with Crippen LogP contribution in [0.5, 0.6) is 0 Å². The molecular formula is C42H86N4O21. The molecule has 6 atom stereocenters. The van der Waals surface area contributed by atoms with Crippen molar-refractivity contribution in [2.24, 2.45) is 11.6 Å². The Morgan fingerprint density at radius 2 is 0.731 bits per heavy atom. The molecule has 400 valence electrons. The van der Waals surface area contributed by atoms with Gasteiger partial charge in [0.25, 0.3) is 0 Å². The van der Waals surface area contributed by atoms with Crippen molar-refractivity contribution in [2.75, 3.05) is 198 Å². The summed E-state index contributed by atoms with van der Waals surface area (Å²) in [6.45, 7) is 9.70. The zero-order chi connectivity index (χ0) is 49.6. The van der Waals surface area contributed by atoms with Gasteiger partial charge >= 0.3 is 0 Å². The van der Waals surface area contributed by atoms with E-state index in [4.69, 9.17) is 78.6 Å². The van der Waals surface area contributed by atoms with Gasteiger partial charge < -0.3 is 108 Å². The van der Waals surface area contributed by atoms with Gasteiger partial charge in [-0.3, -0.25) is 9.69 Å². The van der Waals surface area contributed by atoms with Gasteiger partial charge in [0.05, 0.1) is 195 Å². The quantitative estimate of drug-likeness (QED) is 0.0155. The number of carbonyl (C=O) groups excluding carboxylic acids is 1. The fraction of sp³-hybridized carbons (Fsp3) is 0.929. The first kappa shape index (κ1) is 65.1. The number of Topliss-reactive ketones (excluding diaryl/α,β-unsaturated/α-hetero) is 1. The van der Waals surface area contributed by atoms with Crippen LogP contribution in [0.4, 0.5) is 0 Å². The van der Waals surface area contributed by atoms with Crippen LogP contribution < -0.4 is 11.6 Å². The van der Waals surface area contributed by atoms with E-state index in [2.05, 4.69) is 0 Å². The van der Waals surface area contributed by atoms with E-state index in [0.717, 1.165) is 0 Å². The minimum atomic E-state index is -1.56. The number of ketones is 1. The summed E-state index contributed by atoms with van der Waals surface area (Å²) in [5.74, 6) is 5.56. The van der Waals surface area contributed by atoms with Gasteiger partial charge in [-0.25, -0.2) is 5.84 Å². The SMILES string of the molecule is CC(=O)CN(N)/C=C(\N)COCCOCCOCCOCCOCCOCCOCCOCCOCCOCCOCCOCCN(CC(O)C(O)C(O)CCO)CC(O)C(O)C(O)CCO. The van der Waals surface area contributed by atoms with E-state index < -0.39 is 36.6 Å². The van der Waals surface area contributed by atoms with Gasteiger partial charge in [-0.1, -0.05) is 0 Å². The van der Waals surface area contributed by atoms with Gasteiger partial charge in [0, 0.05) is 39.0 Å². The summed E-state index contributed by atoms with van der Waals surface area (Å²) < 4.78 is 65.7. The average Bonchev–Trinajstić information content (AvgIpc) is 3.29. The van der Waals surface area contributed by atoms with E-state index in [9.17, 15) is 35.4 Å². The number of ether oxygens (including phenoxy) is 12. The lowest BCUT2D eigenvalue weighted by Crippen LogP contribution is -2.50. The summed E-state index contributed by atoms with van der Waals surface area (Å²) in [6.07, 6.45) is -7.57. The predicted octanol–water partition coefficient (Wildman–Crippen LogP) is -5.02. The Morgan fingerprint density at radius 3 is 1.00 bits per heavy atom. The van der Waals surface area contributed by atoms with Gasteiger partial charge in [0.2, 0.25) is 0 Å². The number of nitrogens with two attached hydrogens (primary N) is 2. The molecule has 0 fully saturated rings. The van der Waals surface area contributed by atoms with E-state index >= 15 is 0 Å². The topological polar surface area (TPSA) is 348 Å². The summed E-state index contributed by atoms with van der Waals surface area (Å²) >= 11 is 0. The third-order valence-corrected chi connectivity index (χ3v) is 8.97. The van der Waals surface area contributed by atoms with Crippen LogP contribution in [-0.2, 0) is 61.6 Å². The molecule has 67 heavy (non-hydrogen) atoms. The van der Waals surface area contributed by atoms with Gasteiger partial charge in [-0.05, 0) is 19.8 Å². The van der Waals surface area contributed by atoms with E-state index in [0.29, 0.717) is 138 Å². The number of hydrazine groups is 1. The summed E-state index contributed by atoms with van der Waals surface area (Å²) in [5.41, 5.74) is 6.19. The molecule has 25 heteroatoms. The Labute approximate surface area is 395 Å². The monoisotopic (exact) mass is 983 g/mol. The minimum absolute atomic E-state index is 0.0670. The van der Waals surface area contributed by atoms with Crippen LogP contribution >= 0.6 is 0 Å². The Hall–Kier alpha value is -1.87. The van der Waals surface area contributed by atoms with Crippen LogP contribution in [-0.4, -0.2) is 291 Å². The van der Waals surface area contributed by atoms with Crippen LogP contribution in [0.15, 0.2) is 11.9 Å². The zero-order valence-electron chi connectivity index (χ0n) is 39.6. The molecule has 0 saturated heterocycles. The van der Waals surface area contributed by atoms with Crippen molar-refractivity contribution < 1.29 is 102 Å². The molecule has 0 spiro atoms. The zero-order valence-corrected chi connectivity index (χ0v) is 39.6. The molecule has 0 bridgehead atoms. The second-order valence-electron chi connectivity index (χ2n) is 14.9. The highest BCUT2D eigenvalue weighted by molar-refractivity contribution is 5.77. The predicted molar refractivity (Wildman–Crippen MR) is 240 cm³/mol. The summed E-state index contributed by atoms with van der Waals surface area (Å²) in [5, 5.41) is 80.2. The number of aliphatic hydroxyl groups is 8. The van der Waals surface area contributed by atoms with Crippen molar-refractivity contribution in [1.82, 2.24) is 9.91 Å². The van der Waals surface area contributed by atoms with Gasteiger partial charge in [-0.2, -0.15) is 0 Å². The van der Waals surface area contributed by atoms with Crippen molar-refractivity contribution in [3.63, 3.8) is 0 Å². The average molecular weight is 983 g/mol. The molecule has 0 aromatic carbocycles. The molecule has 6 unspecified atom stereocenters. The highest BCUT2D eigenvalue weighted by atomic mass is 16.6. The second kappa shape index (κ2) is 47.8. The highest BCUT2D eigenvalue weighted by Crippen LogP contribution is 2.10. The molecular weight excluding hydrogens is 896 g/mol. The molecule has 0 aromatic heterocycles. The van der Waals surface area contributed by atoms with Crippen molar-refractivity contribution in [2.45, 2.75) is 56.4 Å². The van der Waals surface area contributed by atoms with E-state index in [1.54, 1.807) is 0 Å². The number of nitrogens with zero attached hydrogens (tertiary/aromatic N) is 2. The molecule has 0 rings (SSSR count). The van der Waals surface area contributed by atoms with Gasteiger partial charge in [0.15, 0.2) is 5.78 Å². The van der Waals surface area contributed by atoms with Crippen LogP contribution in [0, 0.1) is 0 Å². The van der Waals surface area contributed by atoms with E-state index in [-0.39, 0.29) is 84.4 Å². The highest BCUT2D eigenvalue weighted by Gasteiger charge is 2.30. The van der Waals surface area contributed by atoms with E-state index in [1.807, 2.05) is 0 Å². The Bertz CT molecular complexity index is 1090. The number of hydrogen-bond acceptors (Lipinski definition) is 25. The standard InChI is InChI=1S/C42H86N4O21/c1-35(49)30-46(44)31-36(43)34-67-29-28-66-27-26-65-25-24-64-23-22-63-21-20-62-19-18-61-17-16-60-15-14-59-13-12-58-11-10-57-9-8-56-7-4-45(32-39(52)41(54)37(50)2-5-47)33-40(53)42(55)38(51)3-6-48/h31,37-42,47-48,50-55H,2-30,32-34,43-44H2,1H3/b36-31-. The molecule has 0 saturated carbocycles. The molecule has 0 aromatic rings. The molecule has 25 nitrogen and oxygen atoms in total. The third-order valence-electron chi connectivity index (χ3n) is 8.97. The Morgan fingerprint density at radius 1 is 0.463 bits per heavy atom. The van der Waals surface area contributed by atoms with Crippen molar-refractivity contribution >= 4 is 5.78 Å². The number of carbonyl (C=O) groups is 1. The number of hydrogen-bond donors (Lipinski definition) is 10. The second-order valence-corrected chi connectivity index (χ2v) is 14.9. The molecule has 0 aliphatic rings. The molecule has 0 aliphatic heterocycles. The maximum absolute atomic E-state index is 11.0. The first-order valence-electron chi connectivity index (χ1n) is 22.8. The Balaban J connectivity index is 3.57. The van der Waals surface area contributed by atoms with Crippen molar-refractivity contribution in [1.29, 1.82) is 0 Å². The fourth-order valence-electron chi connectivity index (χ4n) is 5.48. The van der Waals surface area contributed by atoms with Gasteiger partial charge in [0.1, 0.15) is 12.2 Å².